The molecule has 1 aromatic heterocycles. The molecule has 148 valence electrons. The average molecular weight is 375 g/mol. The first-order valence-electron chi connectivity index (χ1n) is 9.70. The van der Waals surface area contributed by atoms with Crippen molar-refractivity contribution >= 4 is 17.5 Å². The summed E-state index contributed by atoms with van der Waals surface area (Å²) in [5, 5.41) is 0. The molecule has 2 aliphatic heterocycles. The largest absolute Gasteiger partial charge is 0.368 e. The number of nitrogens with one attached hydrogen (secondary N) is 1. The number of rotatable bonds is 5. The predicted octanol–water partition coefficient (Wildman–Crippen LogP) is 1.73. The number of nitrogens with zero attached hydrogens (tertiary/aromatic N) is 2. The number of ketones is 2. The highest BCUT2D eigenvalue weighted by Gasteiger charge is 2.33. The molecule has 2 atom stereocenters. The third-order valence-electron chi connectivity index (χ3n) is 5.79. The van der Waals surface area contributed by atoms with Crippen molar-refractivity contribution in [1.82, 2.24) is 14.8 Å². The van der Waals surface area contributed by atoms with Crippen molar-refractivity contribution in [3.8, 4) is 0 Å². The minimum Gasteiger partial charge on any atom is -0.368 e. The topological polar surface area (TPSA) is 82.7 Å². The van der Waals surface area contributed by atoms with Crippen molar-refractivity contribution < 1.29 is 19.1 Å². The van der Waals surface area contributed by atoms with E-state index in [1.807, 2.05) is 25.7 Å². The fraction of sp³-hybridized carbons (Fsp3) is 0.650. The van der Waals surface area contributed by atoms with Gasteiger partial charge in [0.2, 0.25) is 0 Å². The summed E-state index contributed by atoms with van der Waals surface area (Å²) in [4.78, 5) is 44.3. The predicted molar refractivity (Wildman–Crippen MR) is 101 cm³/mol. The van der Waals surface area contributed by atoms with E-state index in [9.17, 15) is 14.4 Å². The van der Waals surface area contributed by atoms with Gasteiger partial charge < -0.3 is 14.6 Å². The molecule has 1 N–H and O–H groups in total. The highest BCUT2D eigenvalue weighted by molar-refractivity contribution is 6.05. The van der Waals surface area contributed by atoms with E-state index in [-0.39, 0.29) is 29.6 Å². The van der Waals surface area contributed by atoms with E-state index >= 15 is 0 Å². The standard InChI is InChI=1S/C20H29N3O4/c1-12-17(15(4)24)13(2)21-18(12)19(25)14(3)22-7-9-23(10-8-22)20(26)16-6-5-11-27-16/h14,16,21H,5-11H2,1-4H3. The Morgan fingerprint density at radius 1 is 1.15 bits per heavy atom. The molecule has 1 aromatic rings. The Hall–Kier alpha value is -1.99. The maximum atomic E-state index is 13.0. The number of aromatic amines is 1. The third-order valence-corrected chi connectivity index (χ3v) is 5.79. The van der Waals surface area contributed by atoms with Crippen LogP contribution >= 0.6 is 0 Å². The molecule has 7 nitrogen and oxygen atoms in total. The fourth-order valence-electron chi connectivity index (χ4n) is 4.20. The molecule has 2 fully saturated rings. The lowest BCUT2D eigenvalue weighted by atomic mass is 10.0. The number of hydrogen-bond donors (Lipinski definition) is 1. The van der Waals surface area contributed by atoms with Crippen LogP contribution in [-0.4, -0.2) is 77.2 Å². The number of carbonyl (C=O) groups excluding carboxylic acids is 3. The van der Waals surface area contributed by atoms with Gasteiger partial charge in [-0.2, -0.15) is 0 Å². The molecular formula is C20H29N3O4. The normalized spacial score (nSPS) is 22.1. The van der Waals surface area contributed by atoms with Gasteiger partial charge in [-0.25, -0.2) is 0 Å². The van der Waals surface area contributed by atoms with Crippen molar-refractivity contribution in [3.63, 3.8) is 0 Å². The van der Waals surface area contributed by atoms with Gasteiger partial charge in [-0.05, 0) is 46.1 Å². The molecule has 2 aliphatic rings. The number of H-pyrrole nitrogens is 1. The number of aromatic nitrogens is 1. The van der Waals surface area contributed by atoms with Crippen molar-refractivity contribution in [2.24, 2.45) is 0 Å². The summed E-state index contributed by atoms with van der Waals surface area (Å²) >= 11 is 0. The molecule has 0 aliphatic carbocycles. The molecule has 2 saturated heterocycles. The first kappa shape index (κ1) is 19.8. The minimum atomic E-state index is -0.304. The number of Topliss-reactive ketones (excluding diaryl/α,β-unsaturated/α-hetero) is 2. The van der Waals surface area contributed by atoms with E-state index in [4.69, 9.17) is 4.74 Å². The number of hydrogen-bond acceptors (Lipinski definition) is 5. The quantitative estimate of drug-likeness (QED) is 0.793. The molecule has 0 bridgehead atoms. The second kappa shape index (κ2) is 7.94. The van der Waals surface area contributed by atoms with Crippen LogP contribution in [0.15, 0.2) is 0 Å². The molecular weight excluding hydrogens is 346 g/mol. The number of ether oxygens (including phenoxy) is 1. The summed E-state index contributed by atoms with van der Waals surface area (Å²) in [5.74, 6) is 0.0317. The van der Waals surface area contributed by atoms with E-state index in [0.29, 0.717) is 44.0 Å². The Morgan fingerprint density at radius 3 is 2.33 bits per heavy atom. The molecule has 2 unspecified atom stereocenters. The zero-order chi connectivity index (χ0) is 19.7. The van der Waals surface area contributed by atoms with Crippen molar-refractivity contribution in [1.29, 1.82) is 0 Å². The Bertz CT molecular complexity index is 741. The summed E-state index contributed by atoms with van der Waals surface area (Å²) in [6.07, 6.45) is 1.46. The average Bonchev–Trinajstić information content (AvgIpc) is 3.28. The van der Waals surface area contributed by atoms with Crippen LogP contribution in [0.1, 0.15) is 58.8 Å². The van der Waals surface area contributed by atoms with Crippen LogP contribution in [0.25, 0.3) is 0 Å². The van der Waals surface area contributed by atoms with Crippen LogP contribution in [-0.2, 0) is 9.53 Å². The zero-order valence-corrected chi connectivity index (χ0v) is 16.6. The van der Waals surface area contributed by atoms with E-state index in [1.165, 1.54) is 6.92 Å². The molecule has 3 rings (SSSR count). The summed E-state index contributed by atoms with van der Waals surface area (Å²) < 4.78 is 5.49. The highest BCUT2D eigenvalue weighted by atomic mass is 16.5. The van der Waals surface area contributed by atoms with E-state index in [1.54, 1.807) is 0 Å². The van der Waals surface area contributed by atoms with Gasteiger partial charge in [0, 0.05) is 44.0 Å². The van der Waals surface area contributed by atoms with Gasteiger partial charge in [0.15, 0.2) is 11.6 Å². The number of carbonyl (C=O) groups is 3. The smallest absolute Gasteiger partial charge is 0.251 e. The molecule has 0 aromatic carbocycles. The van der Waals surface area contributed by atoms with Crippen LogP contribution in [0, 0.1) is 13.8 Å². The second-order valence-electron chi connectivity index (χ2n) is 7.58. The Morgan fingerprint density at radius 2 is 1.81 bits per heavy atom. The van der Waals surface area contributed by atoms with Gasteiger partial charge in [-0.15, -0.1) is 0 Å². The van der Waals surface area contributed by atoms with Crippen LogP contribution in [0.4, 0.5) is 0 Å². The first-order valence-corrected chi connectivity index (χ1v) is 9.70. The second-order valence-corrected chi connectivity index (χ2v) is 7.58. The summed E-state index contributed by atoms with van der Waals surface area (Å²) in [7, 11) is 0. The van der Waals surface area contributed by atoms with Crippen molar-refractivity contribution in [2.45, 2.75) is 52.7 Å². The maximum absolute atomic E-state index is 13.0. The summed E-state index contributed by atoms with van der Waals surface area (Å²) in [6, 6.07) is -0.304. The first-order chi connectivity index (χ1) is 12.8. The molecule has 1 amide bonds. The summed E-state index contributed by atoms with van der Waals surface area (Å²) in [5.41, 5.74) is 2.59. The Balaban J connectivity index is 1.63. The Labute approximate surface area is 160 Å². The zero-order valence-electron chi connectivity index (χ0n) is 16.6. The number of amides is 1. The molecule has 0 radical (unpaired) electrons. The SMILES string of the molecule is CC(=O)c1c(C)[nH]c(C(=O)C(C)N2CCN(C(=O)C3CCCO3)CC2)c1C. The monoisotopic (exact) mass is 375 g/mol. The summed E-state index contributed by atoms with van der Waals surface area (Å²) in [6.45, 7) is 10.2. The Kier molecular flexibility index (Phi) is 5.81. The highest BCUT2D eigenvalue weighted by Crippen LogP contribution is 2.22. The third kappa shape index (κ3) is 3.84. The van der Waals surface area contributed by atoms with E-state index in [2.05, 4.69) is 9.88 Å². The van der Waals surface area contributed by atoms with Gasteiger partial charge in [0.25, 0.3) is 5.91 Å². The number of piperazine rings is 1. The maximum Gasteiger partial charge on any atom is 0.251 e. The van der Waals surface area contributed by atoms with Crippen molar-refractivity contribution in [2.75, 3.05) is 32.8 Å². The van der Waals surface area contributed by atoms with Gasteiger partial charge in [-0.1, -0.05) is 0 Å². The molecule has 0 spiro atoms. The molecule has 7 heteroatoms. The van der Waals surface area contributed by atoms with Gasteiger partial charge >= 0.3 is 0 Å². The van der Waals surface area contributed by atoms with E-state index < -0.39 is 0 Å². The fourth-order valence-corrected chi connectivity index (χ4v) is 4.20. The molecule has 0 saturated carbocycles. The lowest BCUT2D eigenvalue weighted by Gasteiger charge is -2.38. The molecule has 3 heterocycles. The van der Waals surface area contributed by atoms with Gasteiger partial charge in [0.05, 0.1) is 11.7 Å². The minimum absolute atomic E-state index is 0.0120. The van der Waals surface area contributed by atoms with Gasteiger partial charge in [0.1, 0.15) is 6.10 Å². The van der Waals surface area contributed by atoms with E-state index in [0.717, 1.165) is 24.1 Å². The van der Waals surface area contributed by atoms with Crippen LogP contribution in [0.3, 0.4) is 0 Å². The van der Waals surface area contributed by atoms with Gasteiger partial charge in [-0.3, -0.25) is 19.3 Å². The number of aryl methyl sites for hydroxylation is 1. The lowest BCUT2D eigenvalue weighted by molar-refractivity contribution is -0.142. The lowest BCUT2D eigenvalue weighted by Crippen LogP contribution is -2.54. The van der Waals surface area contributed by atoms with Crippen LogP contribution in [0.5, 0.6) is 0 Å². The van der Waals surface area contributed by atoms with Crippen molar-refractivity contribution in [3.05, 3.63) is 22.5 Å². The van der Waals surface area contributed by atoms with Crippen LogP contribution in [0.2, 0.25) is 0 Å². The van der Waals surface area contributed by atoms with Crippen LogP contribution < -0.4 is 0 Å². The molecule has 27 heavy (non-hydrogen) atoms.